The molecule has 4 nitrogen and oxygen atoms in total. The fourth-order valence-electron chi connectivity index (χ4n) is 6.16. The van der Waals surface area contributed by atoms with E-state index in [1.807, 2.05) is 0 Å². The van der Waals surface area contributed by atoms with Crippen LogP contribution in [0.2, 0.25) is 0 Å². The van der Waals surface area contributed by atoms with Gasteiger partial charge in [0.25, 0.3) is 0 Å². The van der Waals surface area contributed by atoms with E-state index in [9.17, 15) is 0 Å². The predicted molar refractivity (Wildman–Crippen MR) is 171 cm³/mol. The van der Waals surface area contributed by atoms with Gasteiger partial charge in [0.05, 0.1) is 32.8 Å². The highest BCUT2D eigenvalue weighted by atomic mass is 32.1. The average molecular weight is 543 g/mol. The van der Waals surface area contributed by atoms with Gasteiger partial charge in [0.2, 0.25) is 5.95 Å². The van der Waals surface area contributed by atoms with E-state index in [0.29, 0.717) is 5.95 Å². The topological polar surface area (TPSA) is 34.0 Å². The molecular formula is C36H22N4S. The molecule has 0 N–H and O–H groups in total. The Balaban J connectivity index is 1.44. The highest BCUT2D eigenvalue weighted by Crippen LogP contribution is 2.49. The number of aromatic nitrogens is 3. The highest BCUT2D eigenvalue weighted by Gasteiger charge is 2.30. The van der Waals surface area contributed by atoms with E-state index in [-0.39, 0.29) is 0 Å². The van der Waals surface area contributed by atoms with Crippen LogP contribution in [0.15, 0.2) is 133 Å². The van der Waals surface area contributed by atoms with Crippen LogP contribution in [0.4, 0.5) is 17.5 Å². The summed E-state index contributed by atoms with van der Waals surface area (Å²) in [6.45, 7) is 0. The maximum absolute atomic E-state index is 5.37. The third-order valence-electron chi connectivity index (χ3n) is 7.96. The van der Waals surface area contributed by atoms with E-state index in [1.165, 1.54) is 15.6 Å². The van der Waals surface area contributed by atoms with Gasteiger partial charge in [-0.1, -0.05) is 103 Å². The fraction of sp³-hybridized carbons (Fsp3) is 0. The number of rotatable bonds is 2. The number of benzene rings is 5. The number of para-hydroxylation sites is 3. The Kier molecular flexibility index (Phi) is 4.74. The van der Waals surface area contributed by atoms with Gasteiger partial charge in [0, 0.05) is 32.2 Å². The summed E-state index contributed by atoms with van der Waals surface area (Å²) in [6.07, 6.45) is 0. The molecule has 4 heterocycles. The van der Waals surface area contributed by atoms with Crippen LogP contribution in [0, 0.1) is 0 Å². The van der Waals surface area contributed by atoms with Crippen molar-refractivity contribution < 1.29 is 0 Å². The molecule has 9 rings (SSSR count). The van der Waals surface area contributed by atoms with Crippen molar-refractivity contribution in [3.8, 4) is 28.1 Å². The first-order valence-electron chi connectivity index (χ1n) is 13.7. The first-order valence-corrected chi connectivity index (χ1v) is 14.5. The molecule has 0 radical (unpaired) electrons. The molecule has 0 amide bonds. The van der Waals surface area contributed by atoms with Crippen LogP contribution in [0.5, 0.6) is 0 Å². The molecule has 0 atom stereocenters. The Morgan fingerprint density at radius 2 is 1.27 bits per heavy atom. The van der Waals surface area contributed by atoms with Crippen molar-refractivity contribution in [1.29, 1.82) is 0 Å². The zero-order chi connectivity index (χ0) is 26.9. The summed E-state index contributed by atoms with van der Waals surface area (Å²) in [5, 5.41) is 2.33. The maximum atomic E-state index is 5.37. The highest BCUT2D eigenvalue weighted by molar-refractivity contribution is 7.26. The number of anilines is 3. The molecule has 5 heteroatoms. The molecule has 3 aromatic heterocycles. The molecule has 0 spiro atoms. The van der Waals surface area contributed by atoms with Gasteiger partial charge in [-0.05, 0) is 30.3 Å². The van der Waals surface area contributed by atoms with Crippen molar-refractivity contribution in [2.24, 2.45) is 0 Å². The molecule has 1 aliphatic rings. The Hall–Kier alpha value is -5.26. The second-order valence-electron chi connectivity index (χ2n) is 10.3. The first-order chi connectivity index (χ1) is 20.3. The van der Waals surface area contributed by atoms with Gasteiger partial charge in [0.15, 0.2) is 0 Å². The molecule has 5 aromatic carbocycles. The smallest absolute Gasteiger partial charge is 0.237 e. The van der Waals surface area contributed by atoms with Crippen LogP contribution < -0.4 is 4.90 Å². The van der Waals surface area contributed by atoms with E-state index in [2.05, 4.69) is 143 Å². The van der Waals surface area contributed by atoms with Crippen LogP contribution in [0.3, 0.4) is 0 Å². The van der Waals surface area contributed by atoms with Crippen LogP contribution in [-0.4, -0.2) is 14.5 Å². The lowest BCUT2D eigenvalue weighted by Crippen LogP contribution is -2.16. The third kappa shape index (κ3) is 3.27. The molecule has 0 saturated heterocycles. The zero-order valence-corrected chi connectivity index (χ0v) is 22.7. The summed E-state index contributed by atoms with van der Waals surface area (Å²) in [6, 6.07) is 47.1. The SMILES string of the molecule is c1ccc(-c2nc(N3c4ccccc4-c4ccccc4-n4c3cc3ccccc34)nc3c2sc2ccccc23)cc1. The van der Waals surface area contributed by atoms with Gasteiger partial charge in [-0.3, -0.25) is 9.47 Å². The predicted octanol–water partition coefficient (Wildman–Crippen LogP) is 9.91. The Bertz CT molecular complexity index is 2280. The molecule has 0 unspecified atom stereocenters. The van der Waals surface area contributed by atoms with E-state index in [0.717, 1.165) is 55.1 Å². The minimum Gasteiger partial charge on any atom is -0.295 e. The Morgan fingerprint density at radius 3 is 2.15 bits per heavy atom. The number of fused-ring (bicyclic) bond motifs is 10. The Morgan fingerprint density at radius 1 is 0.585 bits per heavy atom. The van der Waals surface area contributed by atoms with Gasteiger partial charge in [-0.25, -0.2) is 9.97 Å². The molecule has 0 aliphatic carbocycles. The van der Waals surface area contributed by atoms with Crippen LogP contribution in [0.25, 0.3) is 59.3 Å². The maximum Gasteiger partial charge on any atom is 0.237 e. The molecular weight excluding hydrogens is 520 g/mol. The zero-order valence-electron chi connectivity index (χ0n) is 21.9. The number of nitrogens with zero attached hydrogens (tertiary/aromatic N) is 4. The van der Waals surface area contributed by atoms with Crippen molar-refractivity contribution >= 4 is 60.0 Å². The van der Waals surface area contributed by atoms with Gasteiger partial charge < -0.3 is 0 Å². The fourth-order valence-corrected chi connectivity index (χ4v) is 7.31. The first kappa shape index (κ1) is 22.5. The molecule has 0 fully saturated rings. The second kappa shape index (κ2) is 8.62. The molecule has 41 heavy (non-hydrogen) atoms. The summed E-state index contributed by atoms with van der Waals surface area (Å²) < 4.78 is 4.67. The normalized spacial score (nSPS) is 12.3. The van der Waals surface area contributed by atoms with Gasteiger partial charge in [-0.15, -0.1) is 11.3 Å². The molecule has 8 aromatic rings. The van der Waals surface area contributed by atoms with Crippen molar-refractivity contribution in [2.75, 3.05) is 4.90 Å². The van der Waals surface area contributed by atoms with E-state index >= 15 is 0 Å². The van der Waals surface area contributed by atoms with E-state index in [1.54, 1.807) is 11.3 Å². The lowest BCUT2D eigenvalue weighted by atomic mass is 10.0. The van der Waals surface area contributed by atoms with Crippen LogP contribution >= 0.6 is 11.3 Å². The van der Waals surface area contributed by atoms with Crippen LogP contribution in [-0.2, 0) is 0 Å². The molecule has 0 saturated carbocycles. The van der Waals surface area contributed by atoms with Gasteiger partial charge in [0.1, 0.15) is 5.82 Å². The average Bonchev–Trinajstić information content (AvgIpc) is 3.57. The summed E-state index contributed by atoms with van der Waals surface area (Å²) in [5.74, 6) is 1.67. The summed E-state index contributed by atoms with van der Waals surface area (Å²) in [4.78, 5) is 13.0. The molecule has 0 bridgehead atoms. The number of hydrogen-bond acceptors (Lipinski definition) is 4. The summed E-state index contributed by atoms with van der Waals surface area (Å²) in [7, 11) is 0. The molecule has 192 valence electrons. The van der Waals surface area contributed by atoms with E-state index in [4.69, 9.17) is 9.97 Å². The van der Waals surface area contributed by atoms with Gasteiger partial charge in [-0.2, -0.15) is 0 Å². The third-order valence-corrected chi connectivity index (χ3v) is 9.12. The largest absolute Gasteiger partial charge is 0.295 e. The number of hydrogen-bond donors (Lipinski definition) is 0. The summed E-state index contributed by atoms with van der Waals surface area (Å²) >= 11 is 1.76. The van der Waals surface area contributed by atoms with Crippen molar-refractivity contribution in [2.45, 2.75) is 0 Å². The second-order valence-corrected chi connectivity index (χ2v) is 11.3. The van der Waals surface area contributed by atoms with Crippen molar-refractivity contribution in [3.63, 3.8) is 0 Å². The van der Waals surface area contributed by atoms with Crippen molar-refractivity contribution in [1.82, 2.24) is 14.5 Å². The van der Waals surface area contributed by atoms with Gasteiger partial charge >= 0.3 is 0 Å². The Labute approximate surface area is 240 Å². The molecule has 1 aliphatic heterocycles. The standard InChI is InChI=1S/C36H22N4S/c1-2-12-23(13-3-1)33-35-34(27-17-7-11-21-31(27)41-35)38-36(37-33)40-30-20-10-6-16-26(30)25-15-5-9-19-29(25)39-28-18-8-4-14-24(28)22-32(39)40/h1-22H. The quantitative estimate of drug-likeness (QED) is 0.218. The minimum absolute atomic E-state index is 0.657. The lowest BCUT2D eigenvalue weighted by Gasteiger charge is -2.24. The monoisotopic (exact) mass is 542 g/mol. The van der Waals surface area contributed by atoms with Crippen LogP contribution in [0.1, 0.15) is 0 Å². The lowest BCUT2D eigenvalue weighted by molar-refractivity contribution is 1.04. The van der Waals surface area contributed by atoms with E-state index < -0.39 is 0 Å². The van der Waals surface area contributed by atoms with Crippen molar-refractivity contribution in [3.05, 3.63) is 133 Å². The minimum atomic E-state index is 0.657. The number of thiophene rings is 1. The summed E-state index contributed by atoms with van der Waals surface area (Å²) in [5.41, 5.74) is 8.70.